The predicted octanol–water partition coefficient (Wildman–Crippen LogP) is 2.38. The molecular formula is C25H33N3O5S2. The number of aryl methyl sites for hydroxylation is 2. The number of piperazine rings is 1. The van der Waals surface area contributed by atoms with Crippen molar-refractivity contribution in [3.05, 3.63) is 65.2 Å². The summed E-state index contributed by atoms with van der Waals surface area (Å²) >= 11 is 0. The summed E-state index contributed by atoms with van der Waals surface area (Å²) in [5, 5.41) is 0. The van der Waals surface area contributed by atoms with Crippen LogP contribution < -0.4 is 0 Å². The summed E-state index contributed by atoms with van der Waals surface area (Å²) in [5.41, 5.74) is 2.78. The number of amides is 1. The summed E-state index contributed by atoms with van der Waals surface area (Å²) in [6, 6.07) is 14.3. The molecule has 2 aromatic carbocycles. The lowest BCUT2D eigenvalue weighted by molar-refractivity contribution is -0.137. The third-order valence-corrected chi connectivity index (χ3v) is 10.6. The van der Waals surface area contributed by atoms with Crippen LogP contribution in [0.1, 0.15) is 29.5 Å². The third kappa shape index (κ3) is 5.94. The van der Waals surface area contributed by atoms with Gasteiger partial charge in [-0.1, -0.05) is 47.5 Å². The van der Waals surface area contributed by atoms with Crippen molar-refractivity contribution in [2.45, 2.75) is 37.3 Å². The van der Waals surface area contributed by atoms with E-state index in [2.05, 4.69) is 0 Å². The zero-order valence-corrected chi connectivity index (χ0v) is 21.9. The monoisotopic (exact) mass is 519 g/mol. The molecule has 0 atom stereocenters. The molecule has 0 aromatic heterocycles. The Bertz CT molecular complexity index is 1260. The maximum atomic E-state index is 13.1. The van der Waals surface area contributed by atoms with E-state index in [-0.39, 0.29) is 35.6 Å². The molecule has 190 valence electrons. The Kier molecular flexibility index (Phi) is 7.65. The fraction of sp³-hybridized carbons (Fsp3) is 0.480. The lowest BCUT2D eigenvalue weighted by atomic mass is 9.96. The summed E-state index contributed by atoms with van der Waals surface area (Å²) in [7, 11) is -7.03. The lowest BCUT2D eigenvalue weighted by Gasteiger charge is -2.38. The van der Waals surface area contributed by atoms with E-state index in [0.717, 1.165) is 16.7 Å². The van der Waals surface area contributed by atoms with Gasteiger partial charge < -0.3 is 4.90 Å². The lowest BCUT2D eigenvalue weighted by Crippen LogP contribution is -2.53. The van der Waals surface area contributed by atoms with Gasteiger partial charge in [0.2, 0.25) is 26.0 Å². The average Bonchev–Trinajstić information content (AvgIpc) is 2.84. The molecule has 0 bridgehead atoms. The number of piperidine rings is 1. The molecule has 10 heteroatoms. The summed E-state index contributed by atoms with van der Waals surface area (Å²) in [6.45, 7) is 5.69. The second kappa shape index (κ2) is 10.4. The van der Waals surface area contributed by atoms with E-state index in [1.54, 1.807) is 29.2 Å². The van der Waals surface area contributed by atoms with Gasteiger partial charge in [-0.15, -0.1) is 0 Å². The van der Waals surface area contributed by atoms with Crippen molar-refractivity contribution in [2.24, 2.45) is 5.92 Å². The van der Waals surface area contributed by atoms with E-state index in [4.69, 9.17) is 0 Å². The highest BCUT2D eigenvalue weighted by Gasteiger charge is 2.36. The third-order valence-electron chi connectivity index (χ3n) is 6.84. The second-order valence-electron chi connectivity index (χ2n) is 9.46. The Morgan fingerprint density at radius 1 is 0.800 bits per heavy atom. The number of nitrogens with zero attached hydrogens (tertiary/aromatic N) is 3. The Hall–Kier alpha value is -2.27. The number of hydrogen-bond donors (Lipinski definition) is 0. The van der Waals surface area contributed by atoms with E-state index in [9.17, 15) is 21.6 Å². The Morgan fingerprint density at radius 2 is 1.43 bits per heavy atom. The maximum Gasteiger partial charge on any atom is 0.243 e. The number of carbonyl (C=O) groups excluding carboxylic acids is 1. The van der Waals surface area contributed by atoms with Gasteiger partial charge in [0.05, 0.1) is 10.6 Å². The molecule has 0 N–H and O–H groups in total. The average molecular weight is 520 g/mol. The van der Waals surface area contributed by atoms with Crippen LogP contribution in [0.25, 0.3) is 0 Å². The second-order valence-corrected chi connectivity index (χ2v) is 13.4. The number of hydrogen-bond acceptors (Lipinski definition) is 5. The standard InChI is InChI=1S/C25H33N3O5S2/c1-20-6-8-24(9-7-20)35(32,33)28-16-14-26(15-17-28)25(29)23-10-12-27(13-11-23)34(30,31)19-22-5-3-4-21(2)18-22/h3-9,18,23H,10-17,19H2,1-2H3. The molecule has 35 heavy (non-hydrogen) atoms. The number of sulfonamides is 2. The van der Waals surface area contributed by atoms with E-state index in [0.29, 0.717) is 39.0 Å². The molecule has 0 saturated carbocycles. The molecule has 2 aliphatic heterocycles. The molecule has 2 aromatic rings. The zero-order valence-electron chi connectivity index (χ0n) is 20.3. The van der Waals surface area contributed by atoms with Crippen molar-refractivity contribution >= 4 is 26.0 Å². The highest BCUT2D eigenvalue weighted by Crippen LogP contribution is 2.25. The molecule has 2 saturated heterocycles. The van der Waals surface area contributed by atoms with Crippen molar-refractivity contribution in [3.8, 4) is 0 Å². The fourth-order valence-electron chi connectivity index (χ4n) is 4.75. The minimum Gasteiger partial charge on any atom is -0.340 e. The minimum absolute atomic E-state index is 0.00637. The molecule has 0 unspecified atom stereocenters. The number of carbonyl (C=O) groups is 1. The molecule has 4 rings (SSSR count). The van der Waals surface area contributed by atoms with Crippen LogP contribution in [0.5, 0.6) is 0 Å². The van der Waals surface area contributed by atoms with Crippen molar-refractivity contribution in [1.29, 1.82) is 0 Å². The SMILES string of the molecule is Cc1ccc(S(=O)(=O)N2CCN(C(=O)C3CCN(S(=O)(=O)Cc4cccc(C)c4)CC3)CC2)cc1. The van der Waals surface area contributed by atoms with Crippen LogP contribution >= 0.6 is 0 Å². The van der Waals surface area contributed by atoms with E-state index < -0.39 is 20.0 Å². The maximum absolute atomic E-state index is 13.1. The topological polar surface area (TPSA) is 95.1 Å². The minimum atomic E-state index is -3.58. The molecule has 2 fully saturated rings. The normalized spacial score (nSPS) is 19.1. The quantitative estimate of drug-likeness (QED) is 0.584. The van der Waals surface area contributed by atoms with Gasteiger partial charge in [-0.05, 0) is 44.4 Å². The first-order valence-electron chi connectivity index (χ1n) is 12.0. The van der Waals surface area contributed by atoms with Crippen molar-refractivity contribution in [3.63, 3.8) is 0 Å². The van der Waals surface area contributed by atoms with Gasteiger partial charge in [-0.2, -0.15) is 4.31 Å². The molecule has 2 aliphatic rings. The highest BCUT2D eigenvalue weighted by molar-refractivity contribution is 7.89. The number of benzene rings is 2. The van der Waals surface area contributed by atoms with Crippen LogP contribution in [0.15, 0.2) is 53.4 Å². The zero-order chi connectivity index (χ0) is 25.2. The van der Waals surface area contributed by atoms with Crippen molar-refractivity contribution in [1.82, 2.24) is 13.5 Å². The number of rotatable bonds is 6. The predicted molar refractivity (Wildman–Crippen MR) is 135 cm³/mol. The first kappa shape index (κ1) is 25.8. The summed E-state index contributed by atoms with van der Waals surface area (Å²) in [6.07, 6.45) is 0.960. The van der Waals surface area contributed by atoms with E-state index >= 15 is 0 Å². The van der Waals surface area contributed by atoms with Gasteiger partial charge in [-0.3, -0.25) is 4.79 Å². The van der Waals surface area contributed by atoms with Crippen LogP contribution in [0, 0.1) is 19.8 Å². The Balaban J connectivity index is 1.29. The van der Waals surface area contributed by atoms with Crippen molar-refractivity contribution in [2.75, 3.05) is 39.3 Å². The van der Waals surface area contributed by atoms with E-state index in [1.165, 1.54) is 8.61 Å². The summed E-state index contributed by atoms with van der Waals surface area (Å²) in [5.74, 6) is -0.279. The van der Waals surface area contributed by atoms with Crippen LogP contribution in [-0.4, -0.2) is 75.5 Å². The van der Waals surface area contributed by atoms with Crippen LogP contribution in [0.3, 0.4) is 0 Å². The van der Waals surface area contributed by atoms with Gasteiger partial charge in [0.25, 0.3) is 0 Å². The molecular weight excluding hydrogens is 486 g/mol. The van der Waals surface area contributed by atoms with Gasteiger partial charge in [0.15, 0.2) is 0 Å². The van der Waals surface area contributed by atoms with Gasteiger partial charge >= 0.3 is 0 Å². The molecule has 0 radical (unpaired) electrons. The first-order valence-corrected chi connectivity index (χ1v) is 15.0. The summed E-state index contributed by atoms with van der Waals surface area (Å²) < 4.78 is 54.5. The molecule has 0 aliphatic carbocycles. The van der Waals surface area contributed by atoms with Crippen molar-refractivity contribution < 1.29 is 21.6 Å². The largest absolute Gasteiger partial charge is 0.340 e. The summed E-state index contributed by atoms with van der Waals surface area (Å²) in [4.78, 5) is 15.1. The Labute approximate surface area is 208 Å². The first-order chi connectivity index (χ1) is 16.6. The van der Waals surface area contributed by atoms with Crippen LogP contribution in [-0.2, 0) is 30.6 Å². The van der Waals surface area contributed by atoms with Gasteiger partial charge in [-0.25, -0.2) is 21.1 Å². The van der Waals surface area contributed by atoms with Crippen LogP contribution in [0.2, 0.25) is 0 Å². The molecule has 1 amide bonds. The van der Waals surface area contributed by atoms with Crippen LogP contribution in [0.4, 0.5) is 0 Å². The smallest absolute Gasteiger partial charge is 0.243 e. The Morgan fingerprint density at radius 3 is 2.03 bits per heavy atom. The van der Waals surface area contributed by atoms with E-state index in [1.807, 2.05) is 38.1 Å². The van der Waals surface area contributed by atoms with Gasteiger partial charge in [0, 0.05) is 45.2 Å². The molecule has 8 nitrogen and oxygen atoms in total. The molecule has 2 heterocycles. The fourth-order valence-corrected chi connectivity index (χ4v) is 7.72. The molecule has 0 spiro atoms. The van der Waals surface area contributed by atoms with Gasteiger partial charge in [0.1, 0.15) is 0 Å². The highest BCUT2D eigenvalue weighted by atomic mass is 32.2.